The number of allylic oxidation sites excluding steroid dienone is 2. The first kappa shape index (κ1) is 30.2. The molecule has 1 aromatic rings. The zero-order valence-corrected chi connectivity index (χ0v) is 20.3. The number of carboxylic acids is 1. The van der Waals surface area contributed by atoms with Gasteiger partial charge in [0.05, 0.1) is 0 Å². The van der Waals surface area contributed by atoms with Crippen molar-refractivity contribution in [3.63, 3.8) is 0 Å². The number of phenols is 1. The number of carboxylic acid groups (broad SMARTS) is 1. The quantitative estimate of drug-likeness (QED) is 0.0589. The maximum atomic E-state index is 10.3. The number of nitrogens with zero attached hydrogens (tertiary/aromatic N) is 2. The van der Waals surface area contributed by atoms with Crippen molar-refractivity contribution < 1.29 is 15.0 Å². The fourth-order valence-corrected chi connectivity index (χ4v) is 3.11. The standard InChI is InChI=1S/C18H34O2.C8H10N4O/c1-2-3-4-5-6-7-8-9-10-11-12-13-14-15-16-17-18(19)20;9-8(12-10)11-5-6-3-1-2-4-7(6)13/h9-10H,2-8,11-17H2,1H3,(H,19,20);1-5,13H,10H2,(H2,9,12). The van der Waals surface area contributed by atoms with Gasteiger partial charge in [-0.25, -0.2) is 4.99 Å². The highest BCUT2D eigenvalue weighted by Gasteiger charge is 1.96. The van der Waals surface area contributed by atoms with Crippen LogP contribution in [-0.2, 0) is 4.79 Å². The lowest BCUT2D eigenvalue weighted by Crippen LogP contribution is -2.10. The summed E-state index contributed by atoms with van der Waals surface area (Å²) in [6.45, 7) is 2.26. The second kappa shape index (κ2) is 22.4. The molecule has 0 aromatic heterocycles. The Bertz CT molecular complexity index is 703. The van der Waals surface area contributed by atoms with Crippen LogP contribution in [0.3, 0.4) is 0 Å². The van der Waals surface area contributed by atoms with Crippen LogP contribution in [0.2, 0.25) is 0 Å². The van der Waals surface area contributed by atoms with Crippen LogP contribution in [0.5, 0.6) is 5.75 Å². The van der Waals surface area contributed by atoms with Gasteiger partial charge in [-0.2, -0.15) is 0 Å². The van der Waals surface area contributed by atoms with E-state index in [1.807, 2.05) is 0 Å². The number of para-hydroxylation sites is 1. The number of carbonyl (C=O) groups is 1. The number of aromatic hydroxyl groups is 1. The predicted octanol–water partition coefficient (Wildman–Crippen LogP) is 6.11. The van der Waals surface area contributed by atoms with Crippen molar-refractivity contribution in [3.05, 3.63) is 42.0 Å². The van der Waals surface area contributed by atoms with Gasteiger partial charge in [-0.05, 0) is 44.2 Å². The highest BCUT2D eigenvalue weighted by molar-refractivity contribution is 5.94. The van der Waals surface area contributed by atoms with Gasteiger partial charge >= 0.3 is 5.97 Å². The summed E-state index contributed by atoms with van der Waals surface area (Å²) in [5.41, 5.74) is 5.78. The van der Waals surface area contributed by atoms with Crippen LogP contribution in [0.25, 0.3) is 0 Å². The summed E-state index contributed by atoms with van der Waals surface area (Å²) in [7, 11) is 0. The molecule has 6 N–H and O–H groups in total. The van der Waals surface area contributed by atoms with Crippen molar-refractivity contribution in [2.45, 2.75) is 96.8 Å². The monoisotopic (exact) mass is 460 g/mol. The molecule has 1 aromatic carbocycles. The van der Waals surface area contributed by atoms with E-state index in [9.17, 15) is 9.90 Å². The SMILES string of the molecule is CCCCCCCCC=CCCCCCCCC(=O)O.NN=C(N)N=Cc1ccccc1O. The summed E-state index contributed by atoms with van der Waals surface area (Å²) in [4.78, 5) is 14.0. The van der Waals surface area contributed by atoms with Crippen molar-refractivity contribution in [2.75, 3.05) is 0 Å². The zero-order chi connectivity index (χ0) is 24.6. The molecule has 0 bridgehead atoms. The number of unbranched alkanes of at least 4 members (excludes halogenated alkanes) is 11. The Hall–Kier alpha value is -2.83. The first-order valence-electron chi connectivity index (χ1n) is 12.2. The minimum Gasteiger partial charge on any atom is -0.507 e. The van der Waals surface area contributed by atoms with Gasteiger partial charge in [-0.15, -0.1) is 5.10 Å². The van der Waals surface area contributed by atoms with E-state index >= 15 is 0 Å². The van der Waals surface area contributed by atoms with Gasteiger partial charge in [0.15, 0.2) is 0 Å². The van der Waals surface area contributed by atoms with Crippen LogP contribution < -0.4 is 11.6 Å². The molecule has 0 aliphatic carbocycles. The van der Waals surface area contributed by atoms with Gasteiger partial charge in [0, 0.05) is 18.2 Å². The van der Waals surface area contributed by atoms with Crippen LogP contribution in [-0.4, -0.2) is 28.4 Å². The smallest absolute Gasteiger partial charge is 0.303 e. The number of aliphatic imine (C=N–C) groups is 1. The Labute approximate surface area is 199 Å². The van der Waals surface area contributed by atoms with Crippen molar-refractivity contribution >= 4 is 18.1 Å². The fraction of sp³-hybridized carbons (Fsp3) is 0.577. The summed E-state index contributed by atoms with van der Waals surface area (Å²) < 4.78 is 0. The molecule has 0 saturated carbocycles. The molecule has 0 spiro atoms. The Kier molecular flexibility index (Phi) is 20.4. The molecule has 33 heavy (non-hydrogen) atoms. The van der Waals surface area contributed by atoms with Crippen LogP contribution in [0.1, 0.15) is 102 Å². The van der Waals surface area contributed by atoms with E-state index in [0.717, 1.165) is 12.8 Å². The molecule has 186 valence electrons. The molecule has 7 nitrogen and oxygen atoms in total. The van der Waals surface area contributed by atoms with E-state index < -0.39 is 5.97 Å². The van der Waals surface area contributed by atoms with E-state index in [0.29, 0.717) is 12.0 Å². The number of guanidine groups is 1. The van der Waals surface area contributed by atoms with Gasteiger partial charge in [-0.3, -0.25) is 4.79 Å². The Morgan fingerprint density at radius 3 is 2.00 bits per heavy atom. The lowest BCUT2D eigenvalue weighted by atomic mass is 10.1. The summed E-state index contributed by atoms with van der Waals surface area (Å²) in [5, 5.41) is 20.9. The first-order valence-corrected chi connectivity index (χ1v) is 12.2. The second-order valence-electron chi connectivity index (χ2n) is 8.03. The predicted molar refractivity (Wildman–Crippen MR) is 139 cm³/mol. The minimum atomic E-state index is -0.664. The number of hydrogen-bond acceptors (Lipinski definition) is 4. The fourth-order valence-electron chi connectivity index (χ4n) is 3.11. The number of hydrazone groups is 1. The van der Waals surface area contributed by atoms with Gasteiger partial charge in [0.1, 0.15) is 5.75 Å². The molecule has 0 saturated heterocycles. The van der Waals surface area contributed by atoms with Crippen LogP contribution in [0.15, 0.2) is 46.5 Å². The number of hydrogen-bond donors (Lipinski definition) is 4. The lowest BCUT2D eigenvalue weighted by Gasteiger charge is -1.99. The molecule has 7 heteroatoms. The van der Waals surface area contributed by atoms with E-state index in [1.54, 1.807) is 24.3 Å². The summed E-state index contributed by atoms with van der Waals surface area (Å²) in [6, 6.07) is 6.74. The van der Waals surface area contributed by atoms with E-state index in [-0.39, 0.29) is 11.7 Å². The summed E-state index contributed by atoms with van der Waals surface area (Å²) in [6.07, 6.45) is 22.6. The lowest BCUT2D eigenvalue weighted by molar-refractivity contribution is -0.137. The third-order valence-corrected chi connectivity index (χ3v) is 5.06. The van der Waals surface area contributed by atoms with Crippen molar-refractivity contribution in [3.8, 4) is 5.75 Å². The molecule has 0 atom stereocenters. The van der Waals surface area contributed by atoms with Crippen molar-refractivity contribution in [2.24, 2.45) is 21.7 Å². The zero-order valence-electron chi connectivity index (χ0n) is 20.3. The molecule has 0 radical (unpaired) electrons. The Balaban J connectivity index is 0.000000676. The number of benzene rings is 1. The number of nitrogens with two attached hydrogens (primary N) is 2. The van der Waals surface area contributed by atoms with Gasteiger partial charge in [0.25, 0.3) is 0 Å². The average molecular weight is 461 g/mol. The Morgan fingerprint density at radius 2 is 1.45 bits per heavy atom. The van der Waals surface area contributed by atoms with Crippen molar-refractivity contribution in [1.82, 2.24) is 0 Å². The number of aliphatic carboxylic acids is 1. The number of rotatable bonds is 16. The summed E-state index contributed by atoms with van der Waals surface area (Å²) in [5.74, 6) is 4.29. The molecular weight excluding hydrogens is 416 g/mol. The normalized spacial score (nSPS) is 11.6. The van der Waals surface area contributed by atoms with Crippen LogP contribution in [0.4, 0.5) is 0 Å². The van der Waals surface area contributed by atoms with Crippen LogP contribution in [0, 0.1) is 0 Å². The minimum absolute atomic E-state index is 0.0387. The third kappa shape index (κ3) is 20.8. The number of phenolic OH excluding ortho intramolecular Hbond substituents is 1. The topological polar surface area (TPSA) is 134 Å². The molecule has 0 unspecified atom stereocenters. The molecular formula is C26H44N4O3. The maximum Gasteiger partial charge on any atom is 0.303 e. The third-order valence-electron chi connectivity index (χ3n) is 5.06. The molecule has 0 aliphatic rings. The molecule has 0 fully saturated rings. The first-order chi connectivity index (χ1) is 16.0. The maximum absolute atomic E-state index is 10.3. The molecule has 1 rings (SSSR count). The second-order valence-corrected chi connectivity index (χ2v) is 8.03. The molecule has 0 aliphatic heterocycles. The summed E-state index contributed by atoms with van der Waals surface area (Å²) >= 11 is 0. The van der Waals surface area contributed by atoms with Crippen LogP contribution >= 0.6 is 0 Å². The van der Waals surface area contributed by atoms with Gasteiger partial charge < -0.3 is 21.8 Å². The molecule has 0 amide bonds. The Morgan fingerprint density at radius 1 is 0.909 bits per heavy atom. The van der Waals surface area contributed by atoms with Gasteiger partial charge in [0.2, 0.25) is 5.96 Å². The van der Waals surface area contributed by atoms with Gasteiger partial charge in [-0.1, -0.05) is 82.6 Å². The highest BCUT2D eigenvalue weighted by atomic mass is 16.4. The highest BCUT2D eigenvalue weighted by Crippen LogP contribution is 2.12. The van der Waals surface area contributed by atoms with E-state index in [1.165, 1.54) is 76.8 Å². The van der Waals surface area contributed by atoms with E-state index in [4.69, 9.17) is 16.7 Å². The molecule has 0 heterocycles. The average Bonchev–Trinajstić information content (AvgIpc) is 2.81. The van der Waals surface area contributed by atoms with Crippen molar-refractivity contribution in [1.29, 1.82) is 0 Å². The largest absolute Gasteiger partial charge is 0.507 e. The van der Waals surface area contributed by atoms with E-state index in [2.05, 4.69) is 29.2 Å².